The van der Waals surface area contributed by atoms with Crippen LogP contribution in [0.25, 0.3) is 0 Å². The van der Waals surface area contributed by atoms with Crippen LogP contribution in [0.4, 0.5) is 0 Å². The Hall–Kier alpha value is -2.39. The molecule has 1 aliphatic rings. The normalized spacial score (nSPS) is 18.1. The van der Waals surface area contributed by atoms with Crippen molar-refractivity contribution in [1.82, 2.24) is 14.5 Å². The average Bonchev–Trinajstić information content (AvgIpc) is 2.69. The van der Waals surface area contributed by atoms with Crippen molar-refractivity contribution in [3.8, 4) is 17.4 Å². The van der Waals surface area contributed by atoms with Crippen molar-refractivity contribution in [2.45, 2.75) is 30.8 Å². The van der Waals surface area contributed by atoms with E-state index in [-0.39, 0.29) is 23.3 Å². The third-order valence-corrected chi connectivity index (χ3v) is 6.29. The summed E-state index contributed by atoms with van der Waals surface area (Å²) >= 11 is 0. The van der Waals surface area contributed by atoms with Gasteiger partial charge in [0, 0.05) is 18.7 Å². The Balaban J connectivity index is 1.79. The van der Waals surface area contributed by atoms with Crippen molar-refractivity contribution >= 4 is 10.0 Å². The fourth-order valence-corrected chi connectivity index (χ4v) is 4.61. The molecule has 1 aromatic heterocycles. The molecule has 1 saturated heterocycles. The molecule has 1 unspecified atom stereocenters. The van der Waals surface area contributed by atoms with Gasteiger partial charge in [-0.2, -0.15) is 9.40 Å². The summed E-state index contributed by atoms with van der Waals surface area (Å²) in [6.45, 7) is 2.51. The number of hydrogen-bond donors (Lipinski definition) is 0. The van der Waals surface area contributed by atoms with Gasteiger partial charge in [-0.1, -0.05) is 0 Å². The van der Waals surface area contributed by atoms with E-state index < -0.39 is 10.0 Å². The van der Waals surface area contributed by atoms with Crippen LogP contribution in [0.3, 0.4) is 0 Å². The van der Waals surface area contributed by atoms with Gasteiger partial charge in [-0.25, -0.2) is 8.42 Å². The molecule has 2 heterocycles. The number of aromatic nitrogens is 2. The molecule has 27 heavy (non-hydrogen) atoms. The lowest BCUT2D eigenvalue weighted by atomic mass is 10.1. The van der Waals surface area contributed by atoms with Crippen LogP contribution in [0, 0.1) is 6.92 Å². The monoisotopic (exact) mass is 393 g/mol. The van der Waals surface area contributed by atoms with Crippen LogP contribution in [-0.2, 0) is 10.0 Å². The highest BCUT2D eigenvalue weighted by molar-refractivity contribution is 7.89. The molecule has 1 aromatic carbocycles. The van der Waals surface area contributed by atoms with Crippen molar-refractivity contribution in [3.63, 3.8) is 0 Å². The predicted molar refractivity (Wildman–Crippen MR) is 98.7 cm³/mol. The SMILES string of the molecule is COc1ccc(S(=O)(=O)N2CCCC(Oc3ccc(C)nn3)C2)c(OC)c1. The van der Waals surface area contributed by atoms with Crippen LogP contribution in [0.2, 0.25) is 0 Å². The predicted octanol–water partition coefficient (Wildman–Crippen LogP) is 2.03. The molecular formula is C18H23N3O5S. The number of methoxy groups -OCH3 is 2. The Labute approximate surface area is 159 Å². The molecule has 146 valence electrons. The lowest BCUT2D eigenvalue weighted by Crippen LogP contribution is -2.44. The largest absolute Gasteiger partial charge is 0.497 e. The molecule has 0 aliphatic carbocycles. The highest BCUT2D eigenvalue weighted by Crippen LogP contribution is 2.32. The summed E-state index contributed by atoms with van der Waals surface area (Å²) < 4.78 is 43.9. The van der Waals surface area contributed by atoms with Gasteiger partial charge in [0.25, 0.3) is 0 Å². The minimum absolute atomic E-state index is 0.113. The summed E-state index contributed by atoms with van der Waals surface area (Å²) in [5, 5.41) is 7.95. The first-order valence-corrected chi connectivity index (χ1v) is 10.1. The molecule has 0 N–H and O–H groups in total. The van der Waals surface area contributed by atoms with Gasteiger partial charge in [0.15, 0.2) is 0 Å². The van der Waals surface area contributed by atoms with E-state index in [0.717, 1.165) is 12.1 Å². The first-order chi connectivity index (χ1) is 12.9. The van der Waals surface area contributed by atoms with Crippen molar-refractivity contribution in [2.75, 3.05) is 27.3 Å². The van der Waals surface area contributed by atoms with Gasteiger partial charge in [-0.3, -0.25) is 0 Å². The van der Waals surface area contributed by atoms with Gasteiger partial charge in [0.05, 0.1) is 26.5 Å². The fourth-order valence-electron chi connectivity index (χ4n) is 2.97. The van der Waals surface area contributed by atoms with Gasteiger partial charge in [-0.05, 0) is 38.0 Å². The molecule has 1 aliphatic heterocycles. The van der Waals surface area contributed by atoms with E-state index in [1.54, 1.807) is 18.2 Å². The van der Waals surface area contributed by atoms with E-state index >= 15 is 0 Å². The Morgan fingerprint density at radius 3 is 2.59 bits per heavy atom. The maximum absolute atomic E-state index is 13.1. The Bertz CT molecular complexity index is 886. The summed E-state index contributed by atoms with van der Waals surface area (Å²) in [7, 11) is -0.771. The van der Waals surface area contributed by atoms with Gasteiger partial charge in [0.1, 0.15) is 22.5 Å². The number of ether oxygens (including phenoxy) is 3. The first kappa shape index (κ1) is 19.4. The van der Waals surface area contributed by atoms with Crippen LogP contribution in [0.15, 0.2) is 35.2 Å². The van der Waals surface area contributed by atoms with Gasteiger partial charge >= 0.3 is 0 Å². The summed E-state index contributed by atoms with van der Waals surface area (Å²) in [6, 6.07) is 8.22. The van der Waals surface area contributed by atoms with Crippen LogP contribution >= 0.6 is 0 Å². The third kappa shape index (κ3) is 4.30. The third-order valence-electron chi connectivity index (χ3n) is 4.39. The number of hydrogen-bond acceptors (Lipinski definition) is 7. The zero-order valence-electron chi connectivity index (χ0n) is 15.6. The van der Waals surface area contributed by atoms with E-state index in [2.05, 4.69) is 10.2 Å². The van der Waals surface area contributed by atoms with Crippen LogP contribution < -0.4 is 14.2 Å². The topological polar surface area (TPSA) is 90.9 Å². The molecule has 0 saturated carbocycles. The van der Waals surface area contributed by atoms with Gasteiger partial charge < -0.3 is 14.2 Å². The number of rotatable bonds is 6. The number of aryl methyl sites for hydroxylation is 1. The molecule has 1 fully saturated rings. The minimum atomic E-state index is -3.72. The highest BCUT2D eigenvalue weighted by atomic mass is 32.2. The molecule has 0 bridgehead atoms. The molecule has 3 rings (SSSR count). The quantitative estimate of drug-likeness (QED) is 0.742. The van der Waals surface area contributed by atoms with Crippen LogP contribution in [0.1, 0.15) is 18.5 Å². The second-order valence-electron chi connectivity index (χ2n) is 6.27. The highest BCUT2D eigenvalue weighted by Gasteiger charge is 2.33. The lowest BCUT2D eigenvalue weighted by molar-refractivity contribution is 0.123. The molecule has 9 heteroatoms. The summed E-state index contributed by atoms with van der Waals surface area (Å²) in [6.07, 6.45) is 1.16. The molecule has 0 spiro atoms. The zero-order valence-corrected chi connectivity index (χ0v) is 16.4. The van der Waals surface area contributed by atoms with Crippen molar-refractivity contribution in [2.24, 2.45) is 0 Å². The second-order valence-corrected chi connectivity index (χ2v) is 8.18. The Morgan fingerprint density at radius 1 is 1.11 bits per heavy atom. The van der Waals surface area contributed by atoms with Crippen LogP contribution in [-0.4, -0.2) is 56.3 Å². The second kappa shape index (κ2) is 8.10. The molecule has 0 radical (unpaired) electrons. The average molecular weight is 393 g/mol. The number of sulfonamides is 1. The maximum Gasteiger partial charge on any atom is 0.246 e. The fraction of sp³-hybridized carbons (Fsp3) is 0.444. The molecule has 1 atom stereocenters. The Kier molecular flexibility index (Phi) is 5.81. The first-order valence-electron chi connectivity index (χ1n) is 8.63. The summed E-state index contributed by atoms with van der Waals surface area (Å²) in [5.74, 6) is 1.18. The zero-order chi connectivity index (χ0) is 19.4. The van der Waals surface area contributed by atoms with E-state index in [0.29, 0.717) is 24.6 Å². The number of benzene rings is 1. The van der Waals surface area contributed by atoms with E-state index in [1.807, 2.05) is 13.0 Å². The maximum atomic E-state index is 13.1. The van der Waals surface area contributed by atoms with Crippen LogP contribution in [0.5, 0.6) is 17.4 Å². The lowest BCUT2D eigenvalue weighted by Gasteiger charge is -2.32. The van der Waals surface area contributed by atoms with Crippen molar-refractivity contribution < 1.29 is 22.6 Å². The van der Waals surface area contributed by atoms with Crippen molar-refractivity contribution in [1.29, 1.82) is 0 Å². The smallest absolute Gasteiger partial charge is 0.246 e. The van der Waals surface area contributed by atoms with Crippen molar-refractivity contribution in [3.05, 3.63) is 36.0 Å². The number of nitrogens with zero attached hydrogens (tertiary/aromatic N) is 3. The van der Waals surface area contributed by atoms with E-state index in [1.165, 1.54) is 24.6 Å². The molecular weight excluding hydrogens is 370 g/mol. The molecule has 2 aromatic rings. The van der Waals surface area contributed by atoms with Gasteiger partial charge in [-0.15, -0.1) is 5.10 Å². The van der Waals surface area contributed by atoms with Gasteiger partial charge in [0.2, 0.25) is 15.9 Å². The number of piperidine rings is 1. The summed E-state index contributed by atoms with van der Waals surface area (Å²) in [4.78, 5) is 0.113. The Morgan fingerprint density at radius 2 is 1.93 bits per heavy atom. The van der Waals surface area contributed by atoms with E-state index in [4.69, 9.17) is 14.2 Å². The van der Waals surface area contributed by atoms with E-state index in [9.17, 15) is 8.42 Å². The minimum Gasteiger partial charge on any atom is -0.497 e. The standard InChI is InChI=1S/C18H23N3O5S/c1-13-6-9-18(20-19-13)26-15-5-4-10-21(12-15)27(22,23)17-8-7-14(24-2)11-16(17)25-3/h6-9,11,15H,4-5,10,12H2,1-3H3. The molecule has 8 nitrogen and oxygen atoms in total. The summed E-state index contributed by atoms with van der Waals surface area (Å²) in [5.41, 5.74) is 0.793. The molecule has 0 amide bonds.